The van der Waals surface area contributed by atoms with Gasteiger partial charge in [-0.1, -0.05) is 31.9 Å². The number of unbranched alkanes of at least 4 members (excludes halogenated alkanes) is 2. The quantitative estimate of drug-likeness (QED) is 0.706. The third-order valence-electron chi connectivity index (χ3n) is 4.09. The molecule has 0 bridgehead atoms. The molecule has 0 saturated carbocycles. The first-order valence-corrected chi connectivity index (χ1v) is 8.75. The van der Waals surface area contributed by atoms with Crippen molar-refractivity contribution in [1.82, 2.24) is 10.2 Å². The number of hydrogen-bond acceptors (Lipinski definition) is 3. The van der Waals surface area contributed by atoms with Gasteiger partial charge in [0.25, 0.3) is 5.91 Å². The van der Waals surface area contributed by atoms with Gasteiger partial charge in [0.15, 0.2) is 0 Å². The molecule has 0 radical (unpaired) electrons. The van der Waals surface area contributed by atoms with Crippen LogP contribution in [0.2, 0.25) is 0 Å². The smallest absolute Gasteiger partial charge is 0.251 e. The van der Waals surface area contributed by atoms with E-state index in [1.54, 1.807) is 25.4 Å². The third-order valence-corrected chi connectivity index (χ3v) is 4.09. The summed E-state index contributed by atoms with van der Waals surface area (Å²) in [5.41, 5.74) is 1.60. The van der Waals surface area contributed by atoms with Gasteiger partial charge in [0.2, 0.25) is 5.91 Å². The van der Waals surface area contributed by atoms with Crippen LogP contribution in [0, 0.1) is 0 Å². The molecule has 0 aliphatic heterocycles. The lowest BCUT2D eigenvalue weighted by molar-refractivity contribution is -0.132. The summed E-state index contributed by atoms with van der Waals surface area (Å²) in [6.45, 7) is 3.08. The topological polar surface area (TPSA) is 62.6 Å². The average Bonchev–Trinajstić information content (AvgIpc) is 3.14. The SMILES string of the molecule is CCCCCC(=O)N(Cc1ccc(C(=O)NC)cc1)Cc1ccco1. The van der Waals surface area contributed by atoms with Crippen LogP contribution in [-0.2, 0) is 17.9 Å². The fourth-order valence-electron chi connectivity index (χ4n) is 2.63. The molecule has 0 aliphatic carbocycles. The molecule has 1 heterocycles. The van der Waals surface area contributed by atoms with Crippen LogP contribution in [0.15, 0.2) is 47.1 Å². The maximum absolute atomic E-state index is 12.6. The monoisotopic (exact) mass is 342 g/mol. The molecule has 0 fully saturated rings. The summed E-state index contributed by atoms with van der Waals surface area (Å²) < 4.78 is 5.40. The summed E-state index contributed by atoms with van der Waals surface area (Å²) in [7, 11) is 1.61. The lowest BCUT2D eigenvalue weighted by atomic mass is 10.1. The molecule has 2 aromatic rings. The molecule has 0 atom stereocenters. The fraction of sp³-hybridized carbons (Fsp3) is 0.400. The predicted octanol–water partition coefficient (Wildman–Crippen LogP) is 3.75. The summed E-state index contributed by atoms with van der Waals surface area (Å²) in [5.74, 6) is 0.778. The van der Waals surface area contributed by atoms with E-state index in [9.17, 15) is 9.59 Å². The van der Waals surface area contributed by atoms with Crippen LogP contribution in [0.1, 0.15) is 54.3 Å². The van der Waals surface area contributed by atoms with Crippen molar-refractivity contribution >= 4 is 11.8 Å². The van der Waals surface area contributed by atoms with E-state index in [1.807, 2.05) is 29.2 Å². The normalized spacial score (nSPS) is 10.5. The molecule has 1 N–H and O–H groups in total. The van der Waals surface area contributed by atoms with Crippen LogP contribution in [-0.4, -0.2) is 23.8 Å². The summed E-state index contributed by atoms with van der Waals surface area (Å²) in [5, 5.41) is 2.60. The molecular formula is C20H26N2O3. The second kappa shape index (κ2) is 9.67. The van der Waals surface area contributed by atoms with Crippen LogP contribution in [0.25, 0.3) is 0 Å². The van der Waals surface area contributed by atoms with Gasteiger partial charge in [-0.2, -0.15) is 0 Å². The lowest BCUT2D eigenvalue weighted by Gasteiger charge is -2.22. The minimum atomic E-state index is -0.116. The molecule has 0 spiro atoms. The van der Waals surface area contributed by atoms with Crippen molar-refractivity contribution in [2.75, 3.05) is 7.05 Å². The van der Waals surface area contributed by atoms with Gasteiger partial charge in [-0.05, 0) is 36.2 Å². The number of furan rings is 1. The van der Waals surface area contributed by atoms with Gasteiger partial charge >= 0.3 is 0 Å². The largest absolute Gasteiger partial charge is 0.467 e. The van der Waals surface area contributed by atoms with Crippen molar-refractivity contribution in [3.05, 3.63) is 59.5 Å². The van der Waals surface area contributed by atoms with E-state index in [0.29, 0.717) is 25.1 Å². The van der Waals surface area contributed by atoms with Crippen LogP contribution < -0.4 is 5.32 Å². The standard InChI is InChI=1S/C20H26N2O3/c1-3-4-5-8-19(23)22(15-18-7-6-13-25-18)14-16-9-11-17(12-10-16)20(24)21-2/h6-7,9-13H,3-5,8,14-15H2,1-2H3,(H,21,24). The maximum Gasteiger partial charge on any atom is 0.251 e. The first-order chi connectivity index (χ1) is 12.1. The number of nitrogens with one attached hydrogen (secondary N) is 1. The van der Waals surface area contributed by atoms with Crippen LogP contribution in [0.3, 0.4) is 0 Å². The van der Waals surface area contributed by atoms with Crippen molar-refractivity contribution in [2.45, 2.75) is 45.7 Å². The lowest BCUT2D eigenvalue weighted by Crippen LogP contribution is -2.29. The Morgan fingerprint density at radius 3 is 2.44 bits per heavy atom. The van der Waals surface area contributed by atoms with Crippen molar-refractivity contribution in [3.63, 3.8) is 0 Å². The molecule has 134 valence electrons. The number of amides is 2. The van der Waals surface area contributed by atoms with Crippen LogP contribution >= 0.6 is 0 Å². The fourth-order valence-corrected chi connectivity index (χ4v) is 2.63. The number of nitrogens with zero attached hydrogens (tertiary/aromatic N) is 1. The molecule has 0 unspecified atom stereocenters. The van der Waals surface area contributed by atoms with Crippen LogP contribution in [0.4, 0.5) is 0 Å². The zero-order valence-electron chi connectivity index (χ0n) is 15.0. The van der Waals surface area contributed by atoms with Gasteiger partial charge in [0.1, 0.15) is 5.76 Å². The van der Waals surface area contributed by atoms with Gasteiger partial charge in [0, 0.05) is 25.6 Å². The van der Waals surface area contributed by atoms with Gasteiger partial charge in [0.05, 0.1) is 12.8 Å². The van der Waals surface area contributed by atoms with Crippen molar-refractivity contribution in [3.8, 4) is 0 Å². The van der Waals surface area contributed by atoms with Crippen LogP contribution in [0.5, 0.6) is 0 Å². The predicted molar refractivity (Wildman–Crippen MR) is 96.9 cm³/mol. The Bertz CT molecular complexity index is 663. The molecule has 2 rings (SSSR count). The van der Waals surface area contributed by atoms with E-state index in [-0.39, 0.29) is 11.8 Å². The van der Waals surface area contributed by atoms with E-state index >= 15 is 0 Å². The summed E-state index contributed by atoms with van der Waals surface area (Å²) >= 11 is 0. The summed E-state index contributed by atoms with van der Waals surface area (Å²) in [6.07, 6.45) is 5.21. The van der Waals surface area contributed by atoms with Gasteiger partial charge in [-0.15, -0.1) is 0 Å². The van der Waals surface area contributed by atoms with E-state index in [1.165, 1.54) is 0 Å². The molecular weight excluding hydrogens is 316 g/mol. The first-order valence-electron chi connectivity index (χ1n) is 8.75. The van der Waals surface area contributed by atoms with E-state index in [0.717, 1.165) is 30.6 Å². The Hall–Kier alpha value is -2.56. The maximum atomic E-state index is 12.6. The number of benzene rings is 1. The molecule has 1 aromatic carbocycles. The van der Waals surface area contributed by atoms with Gasteiger partial charge < -0.3 is 14.6 Å². The first kappa shape index (κ1) is 18.8. The Morgan fingerprint density at radius 1 is 1.08 bits per heavy atom. The minimum absolute atomic E-state index is 0.116. The molecule has 5 nitrogen and oxygen atoms in total. The molecule has 2 amide bonds. The van der Waals surface area contributed by atoms with E-state index < -0.39 is 0 Å². The van der Waals surface area contributed by atoms with Crippen molar-refractivity contribution < 1.29 is 14.0 Å². The van der Waals surface area contributed by atoms with E-state index in [4.69, 9.17) is 4.42 Å². The summed E-state index contributed by atoms with van der Waals surface area (Å²) in [6, 6.07) is 11.0. The summed E-state index contributed by atoms with van der Waals surface area (Å²) in [4.78, 5) is 26.0. The molecule has 0 saturated heterocycles. The Balaban J connectivity index is 2.06. The second-order valence-electron chi connectivity index (χ2n) is 6.06. The second-order valence-corrected chi connectivity index (χ2v) is 6.06. The number of hydrogen-bond donors (Lipinski definition) is 1. The van der Waals surface area contributed by atoms with Gasteiger partial charge in [-0.3, -0.25) is 9.59 Å². The highest BCUT2D eigenvalue weighted by atomic mass is 16.3. The molecule has 1 aromatic heterocycles. The number of rotatable bonds is 9. The van der Waals surface area contributed by atoms with E-state index in [2.05, 4.69) is 12.2 Å². The molecule has 25 heavy (non-hydrogen) atoms. The zero-order chi connectivity index (χ0) is 18.1. The highest BCUT2D eigenvalue weighted by Gasteiger charge is 2.16. The Kier molecular flexibility index (Phi) is 7.26. The highest BCUT2D eigenvalue weighted by molar-refractivity contribution is 5.93. The average molecular weight is 342 g/mol. The number of carbonyl (C=O) groups is 2. The highest BCUT2D eigenvalue weighted by Crippen LogP contribution is 2.14. The molecule has 5 heteroatoms. The number of carbonyl (C=O) groups excluding carboxylic acids is 2. The Morgan fingerprint density at radius 2 is 1.84 bits per heavy atom. The van der Waals surface area contributed by atoms with Crippen molar-refractivity contribution in [1.29, 1.82) is 0 Å². The zero-order valence-corrected chi connectivity index (χ0v) is 15.0. The van der Waals surface area contributed by atoms with Crippen molar-refractivity contribution in [2.24, 2.45) is 0 Å². The molecule has 0 aliphatic rings. The third kappa shape index (κ3) is 5.78. The van der Waals surface area contributed by atoms with Gasteiger partial charge in [-0.25, -0.2) is 0 Å². The minimum Gasteiger partial charge on any atom is -0.467 e. The Labute approximate surface area is 149 Å².